The summed E-state index contributed by atoms with van der Waals surface area (Å²) in [5.74, 6) is 0.152. The van der Waals surface area contributed by atoms with Crippen LogP contribution in [0.1, 0.15) is 0 Å². The fourth-order valence-corrected chi connectivity index (χ4v) is 3.87. The van der Waals surface area contributed by atoms with Crippen molar-refractivity contribution in [3.8, 4) is 0 Å². The maximum atomic E-state index is 10.0. The Balaban J connectivity index is 0. The molecule has 0 aliphatic heterocycles. The van der Waals surface area contributed by atoms with E-state index in [0.717, 1.165) is 5.75 Å². The Kier molecular flexibility index (Phi) is 9.62. The van der Waals surface area contributed by atoms with E-state index >= 15 is 0 Å². The molecule has 0 aliphatic rings. The molecule has 0 saturated heterocycles. The van der Waals surface area contributed by atoms with Crippen molar-refractivity contribution in [2.75, 3.05) is 11.5 Å². The third-order valence-electron chi connectivity index (χ3n) is 1.22. The van der Waals surface area contributed by atoms with Crippen molar-refractivity contribution in [1.29, 1.82) is 0 Å². The summed E-state index contributed by atoms with van der Waals surface area (Å²) in [5.41, 5.74) is 0. The molecule has 0 radical (unpaired) electrons. The molecular formula is C7H15NaO2SSi. The largest absolute Gasteiger partial charge is 1.00 e. The number of aliphatic carboxylic acids is 1. The molecule has 0 unspecified atom stereocenters. The van der Waals surface area contributed by atoms with Gasteiger partial charge in [-0.25, -0.2) is 0 Å². The van der Waals surface area contributed by atoms with Gasteiger partial charge < -0.3 is 9.90 Å². The van der Waals surface area contributed by atoms with Crippen molar-refractivity contribution in [3.05, 3.63) is 0 Å². The molecule has 12 heavy (non-hydrogen) atoms. The van der Waals surface area contributed by atoms with Crippen molar-refractivity contribution in [2.45, 2.75) is 25.7 Å². The van der Waals surface area contributed by atoms with Gasteiger partial charge in [0.1, 0.15) is 0 Å². The molecule has 0 saturated carbocycles. The minimum Gasteiger partial charge on any atom is -0.549 e. The number of carboxylic acid groups (broad SMARTS) is 1. The summed E-state index contributed by atoms with van der Waals surface area (Å²) in [6.45, 7) is 6.85. The summed E-state index contributed by atoms with van der Waals surface area (Å²) < 4.78 is 0. The summed E-state index contributed by atoms with van der Waals surface area (Å²) >= 11 is 1.46. The predicted octanol–water partition coefficient (Wildman–Crippen LogP) is -2.19. The Morgan fingerprint density at radius 1 is 1.42 bits per heavy atom. The van der Waals surface area contributed by atoms with Gasteiger partial charge in [-0.05, 0) is 11.8 Å². The Hall–Kier alpha value is 1.04. The van der Waals surface area contributed by atoms with Gasteiger partial charge in [-0.15, -0.1) is 0 Å². The van der Waals surface area contributed by atoms with E-state index in [9.17, 15) is 9.90 Å². The molecule has 0 aliphatic carbocycles. The molecule has 0 rings (SSSR count). The first kappa shape index (κ1) is 15.5. The predicted molar refractivity (Wildman–Crippen MR) is 50.5 cm³/mol. The van der Waals surface area contributed by atoms with Gasteiger partial charge in [-0.2, -0.15) is 11.8 Å². The van der Waals surface area contributed by atoms with E-state index in [1.54, 1.807) is 0 Å². The Bertz CT molecular complexity index is 136. The fraction of sp³-hybridized carbons (Fsp3) is 0.857. The molecule has 0 spiro atoms. The van der Waals surface area contributed by atoms with Crippen molar-refractivity contribution in [2.24, 2.45) is 0 Å². The second-order valence-electron chi connectivity index (χ2n) is 3.74. The van der Waals surface area contributed by atoms with Crippen molar-refractivity contribution >= 4 is 25.8 Å². The molecule has 66 valence electrons. The number of carbonyl (C=O) groups excluding carboxylic acids is 1. The zero-order valence-corrected chi connectivity index (χ0v) is 12.2. The topological polar surface area (TPSA) is 40.1 Å². The van der Waals surface area contributed by atoms with Crippen LogP contribution < -0.4 is 34.7 Å². The second kappa shape index (κ2) is 7.44. The molecule has 5 heteroatoms. The van der Waals surface area contributed by atoms with Gasteiger partial charge in [0.15, 0.2) is 0 Å². The first-order valence-electron chi connectivity index (χ1n) is 3.69. The first-order chi connectivity index (χ1) is 4.92. The summed E-state index contributed by atoms with van der Waals surface area (Å²) in [6.07, 6.45) is 0. The second-order valence-corrected chi connectivity index (χ2v) is 10.5. The molecule has 2 nitrogen and oxygen atoms in total. The third kappa shape index (κ3) is 13.6. The van der Waals surface area contributed by atoms with Gasteiger partial charge >= 0.3 is 29.6 Å². The standard InChI is InChI=1S/C7H16O2SSi.Na/c1-11(2,3)5-4-10-6-7(8)9;/h4-6H2,1-3H3,(H,8,9);/q;+1/p-1. The summed E-state index contributed by atoms with van der Waals surface area (Å²) in [5, 5.41) is 10.0. The molecule has 0 heterocycles. The molecule has 0 fully saturated rings. The van der Waals surface area contributed by atoms with Gasteiger partial charge in [-0.3, -0.25) is 0 Å². The molecule has 0 N–H and O–H groups in total. The van der Waals surface area contributed by atoms with Crippen LogP contribution in [0.25, 0.3) is 0 Å². The monoisotopic (exact) mass is 214 g/mol. The van der Waals surface area contributed by atoms with Crippen LogP contribution in [0.15, 0.2) is 0 Å². The Morgan fingerprint density at radius 3 is 2.25 bits per heavy atom. The minimum absolute atomic E-state index is 0. The summed E-state index contributed by atoms with van der Waals surface area (Å²) in [7, 11) is -0.963. The maximum absolute atomic E-state index is 10.0. The van der Waals surface area contributed by atoms with E-state index in [4.69, 9.17) is 0 Å². The van der Waals surface area contributed by atoms with Crippen LogP contribution in [0.4, 0.5) is 0 Å². The van der Waals surface area contributed by atoms with Crippen molar-refractivity contribution in [3.63, 3.8) is 0 Å². The van der Waals surface area contributed by atoms with Crippen LogP contribution in [0.3, 0.4) is 0 Å². The SMILES string of the molecule is C[Si](C)(C)CCSCC(=O)[O-].[Na+]. The van der Waals surface area contributed by atoms with E-state index < -0.39 is 14.0 Å². The van der Waals surface area contributed by atoms with Crippen LogP contribution in [-0.2, 0) is 4.79 Å². The summed E-state index contributed by atoms with van der Waals surface area (Å²) in [4.78, 5) is 10.0. The minimum atomic E-state index is -0.963. The number of carbonyl (C=O) groups is 1. The average molecular weight is 214 g/mol. The van der Waals surface area contributed by atoms with Gasteiger partial charge in [0.25, 0.3) is 0 Å². The van der Waals surface area contributed by atoms with Gasteiger partial charge in [0.2, 0.25) is 0 Å². The van der Waals surface area contributed by atoms with Gasteiger partial charge in [0, 0.05) is 13.8 Å². The van der Waals surface area contributed by atoms with E-state index in [1.807, 2.05) is 0 Å². The number of rotatable bonds is 5. The number of hydrogen-bond donors (Lipinski definition) is 0. The normalized spacial score (nSPS) is 10.6. The van der Waals surface area contributed by atoms with Crippen molar-refractivity contribution < 1.29 is 39.5 Å². The number of thioether (sulfide) groups is 1. The Morgan fingerprint density at radius 2 is 1.92 bits per heavy atom. The zero-order chi connectivity index (χ0) is 8.91. The van der Waals surface area contributed by atoms with E-state index in [1.165, 1.54) is 17.8 Å². The summed E-state index contributed by atoms with van der Waals surface area (Å²) in [6, 6.07) is 1.19. The molecule has 0 bridgehead atoms. The van der Waals surface area contributed by atoms with E-state index in [2.05, 4.69) is 19.6 Å². The molecule has 0 aromatic carbocycles. The van der Waals surface area contributed by atoms with Crippen LogP contribution >= 0.6 is 11.8 Å². The molecule has 0 aromatic rings. The quantitative estimate of drug-likeness (QED) is 0.386. The van der Waals surface area contributed by atoms with Gasteiger partial charge in [0.05, 0.1) is 5.97 Å². The molecule has 0 atom stereocenters. The number of hydrogen-bond acceptors (Lipinski definition) is 3. The zero-order valence-electron chi connectivity index (χ0n) is 8.35. The Labute approximate surface area is 102 Å². The van der Waals surface area contributed by atoms with Crippen LogP contribution in [0, 0.1) is 0 Å². The van der Waals surface area contributed by atoms with E-state index in [-0.39, 0.29) is 35.3 Å². The molecule has 0 amide bonds. The van der Waals surface area contributed by atoms with Crippen LogP contribution in [0.5, 0.6) is 0 Å². The van der Waals surface area contributed by atoms with Crippen molar-refractivity contribution in [1.82, 2.24) is 0 Å². The fourth-order valence-electron chi connectivity index (χ4n) is 0.534. The van der Waals surface area contributed by atoms with E-state index in [0.29, 0.717) is 0 Å². The maximum Gasteiger partial charge on any atom is 1.00 e. The molecule has 0 aromatic heterocycles. The van der Waals surface area contributed by atoms with Gasteiger partial charge in [-0.1, -0.05) is 19.6 Å². The first-order valence-corrected chi connectivity index (χ1v) is 8.55. The van der Waals surface area contributed by atoms with Crippen LogP contribution in [-0.4, -0.2) is 25.5 Å². The van der Waals surface area contributed by atoms with Crippen LogP contribution in [0.2, 0.25) is 25.7 Å². The molecular weight excluding hydrogens is 199 g/mol. The number of carboxylic acids is 1. The smallest absolute Gasteiger partial charge is 0.549 e. The third-order valence-corrected chi connectivity index (χ3v) is 4.26. The average Bonchev–Trinajstić information content (AvgIpc) is 1.78.